The molecule has 33 heavy (non-hydrogen) atoms. The number of carboxylic acid groups (broad SMARTS) is 1. The van der Waals surface area contributed by atoms with Crippen LogP contribution in [-0.2, 0) is 31.9 Å². The minimum Gasteiger partial charge on any atom is -0.480 e. The maximum atomic E-state index is 12.6. The van der Waals surface area contributed by atoms with Crippen LogP contribution < -0.4 is 16.4 Å². The van der Waals surface area contributed by atoms with E-state index in [0.717, 1.165) is 17.0 Å². The summed E-state index contributed by atoms with van der Waals surface area (Å²) >= 11 is 0. The average molecular weight is 452 g/mol. The molecule has 0 saturated heterocycles. The van der Waals surface area contributed by atoms with Crippen LogP contribution in [0.3, 0.4) is 0 Å². The Bertz CT molecular complexity index is 1050. The Labute approximate surface area is 194 Å². The second-order valence-electron chi connectivity index (χ2n) is 8.34. The molecule has 0 saturated carbocycles. The summed E-state index contributed by atoms with van der Waals surface area (Å²) in [6.07, 6.45) is 5.63. The molecule has 0 aliphatic rings. The van der Waals surface area contributed by atoms with E-state index in [0.29, 0.717) is 37.9 Å². The first kappa shape index (κ1) is 24.3. The van der Waals surface area contributed by atoms with Gasteiger partial charge in [0.15, 0.2) is 0 Å². The van der Waals surface area contributed by atoms with Gasteiger partial charge in [-0.05, 0) is 61.3 Å². The molecule has 0 aliphatic carbocycles. The van der Waals surface area contributed by atoms with Crippen LogP contribution in [0.25, 0.3) is 0 Å². The van der Waals surface area contributed by atoms with Crippen molar-refractivity contribution in [3.05, 3.63) is 83.4 Å². The van der Waals surface area contributed by atoms with Gasteiger partial charge in [0.25, 0.3) is 5.91 Å². The number of nitrogens with zero attached hydrogens (tertiary/aromatic N) is 2. The Balaban J connectivity index is 1.47. The largest absolute Gasteiger partial charge is 0.480 e. The molecule has 1 amide bonds. The summed E-state index contributed by atoms with van der Waals surface area (Å²) in [6.45, 7) is 1.38. The lowest BCUT2D eigenvalue weighted by Gasteiger charge is -2.16. The fraction of sp³-hybridized carbons (Fsp3) is 0.360. The molecule has 2 unspecified atom stereocenters. The maximum absolute atomic E-state index is 12.6. The number of nitrogens with two attached hydrogens (primary N) is 1. The Morgan fingerprint density at radius 2 is 1.64 bits per heavy atom. The first-order chi connectivity index (χ1) is 15.8. The highest BCUT2D eigenvalue weighted by Gasteiger charge is 2.20. The molecule has 8 heteroatoms. The number of nitrogens with one attached hydrogen (secondary N) is 2. The Morgan fingerprint density at radius 3 is 2.21 bits per heavy atom. The SMILES string of the molecule is Cn1cccc1CNCCCC(NC(=O)c1ccc(C(N)Cc2cccn2C)cc1)C(=O)O. The van der Waals surface area contributed by atoms with E-state index in [4.69, 9.17) is 5.73 Å². The van der Waals surface area contributed by atoms with Gasteiger partial charge in [-0.1, -0.05) is 12.1 Å². The zero-order chi connectivity index (χ0) is 23.8. The van der Waals surface area contributed by atoms with E-state index in [1.807, 2.05) is 72.0 Å². The van der Waals surface area contributed by atoms with Gasteiger partial charge in [0.2, 0.25) is 0 Å². The van der Waals surface area contributed by atoms with Gasteiger partial charge in [-0.2, -0.15) is 0 Å². The third kappa shape index (κ3) is 6.81. The number of benzene rings is 1. The third-order valence-electron chi connectivity index (χ3n) is 5.89. The molecule has 176 valence electrons. The number of aliphatic carboxylic acids is 1. The summed E-state index contributed by atoms with van der Waals surface area (Å²) in [5, 5.41) is 15.5. The van der Waals surface area contributed by atoms with E-state index in [2.05, 4.69) is 10.6 Å². The van der Waals surface area contributed by atoms with Crippen LogP contribution in [0.15, 0.2) is 60.9 Å². The smallest absolute Gasteiger partial charge is 0.326 e. The maximum Gasteiger partial charge on any atom is 0.326 e. The molecule has 5 N–H and O–H groups in total. The van der Waals surface area contributed by atoms with Gasteiger partial charge in [0.1, 0.15) is 6.04 Å². The molecular formula is C25H33N5O3. The second kappa shape index (κ2) is 11.5. The fourth-order valence-corrected chi connectivity index (χ4v) is 3.76. The third-order valence-corrected chi connectivity index (χ3v) is 5.89. The predicted molar refractivity (Wildman–Crippen MR) is 128 cm³/mol. The second-order valence-corrected chi connectivity index (χ2v) is 8.34. The lowest BCUT2D eigenvalue weighted by molar-refractivity contribution is -0.139. The van der Waals surface area contributed by atoms with Crippen molar-refractivity contribution in [1.29, 1.82) is 0 Å². The van der Waals surface area contributed by atoms with Crippen LogP contribution in [0.4, 0.5) is 0 Å². The topological polar surface area (TPSA) is 114 Å². The van der Waals surface area contributed by atoms with Crippen LogP contribution in [0.5, 0.6) is 0 Å². The van der Waals surface area contributed by atoms with Crippen molar-refractivity contribution in [3.63, 3.8) is 0 Å². The van der Waals surface area contributed by atoms with Gasteiger partial charge in [0.05, 0.1) is 0 Å². The highest BCUT2D eigenvalue weighted by molar-refractivity contribution is 5.96. The van der Waals surface area contributed by atoms with E-state index < -0.39 is 17.9 Å². The average Bonchev–Trinajstić information content (AvgIpc) is 3.40. The van der Waals surface area contributed by atoms with E-state index in [1.165, 1.54) is 0 Å². The molecule has 0 radical (unpaired) electrons. The standard InChI is InChI=1S/C25H33N5O3/c1-29-14-4-6-20(29)16-22(26)18-9-11-19(12-10-18)24(31)28-23(25(32)33)8-3-13-27-17-21-7-5-15-30(21)2/h4-7,9-12,14-15,22-23,27H,3,8,13,16-17,26H2,1-2H3,(H,28,31)(H,32,33). The number of hydrogen-bond donors (Lipinski definition) is 4. The number of hydrogen-bond acceptors (Lipinski definition) is 4. The molecule has 1 aromatic carbocycles. The van der Waals surface area contributed by atoms with Crippen molar-refractivity contribution >= 4 is 11.9 Å². The molecule has 3 rings (SSSR count). The molecule has 0 aliphatic heterocycles. The number of aromatic nitrogens is 2. The number of carbonyl (C=O) groups is 2. The highest BCUT2D eigenvalue weighted by Crippen LogP contribution is 2.17. The number of amides is 1. The predicted octanol–water partition coefficient (Wildman–Crippen LogP) is 2.36. The molecule has 8 nitrogen and oxygen atoms in total. The van der Waals surface area contributed by atoms with Gasteiger partial charge in [-0.25, -0.2) is 4.79 Å². The van der Waals surface area contributed by atoms with Crippen molar-refractivity contribution in [3.8, 4) is 0 Å². The van der Waals surface area contributed by atoms with E-state index in [1.54, 1.807) is 12.1 Å². The Morgan fingerprint density at radius 1 is 1.00 bits per heavy atom. The van der Waals surface area contributed by atoms with Crippen LogP contribution in [0.2, 0.25) is 0 Å². The summed E-state index contributed by atoms with van der Waals surface area (Å²) in [5.41, 5.74) is 9.95. The minimum absolute atomic E-state index is 0.189. The van der Waals surface area contributed by atoms with Gasteiger partial charge >= 0.3 is 5.97 Å². The number of carbonyl (C=O) groups excluding carboxylic acids is 1. The van der Waals surface area contributed by atoms with Gasteiger partial charge in [-0.3, -0.25) is 4.79 Å². The van der Waals surface area contributed by atoms with Gasteiger partial charge in [-0.15, -0.1) is 0 Å². The van der Waals surface area contributed by atoms with Crippen molar-refractivity contribution < 1.29 is 14.7 Å². The summed E-state index contributed by atoms with van der Waals surface area (Å²) in [4.78, 5) is 24.2. The summed E-state index contributed by atoms with van der Waals surface area (Å²) in [6, 6.07) is 13.9. The fourth-order valence-electron chi connectivity index (χ4n) is 3.76. The lowest BCUT2D eigenvalue weighted by Crippen LogP contribution is -2.41. The van der Waals surface area contributed by atoms with Crippen molar-refractivity contribution in [1.82, 2.24) is 19.8 Å². The Hall–Kier alpha value is -3.36. The Kier molecular flexibility index (Phi) is 8.46. The van der Waals surface area contributed by atoms with E-state index in [9.17, 15) is 14.7 Å². The first-order valence-corrected chi connectivity index (χ1v) is 11.2. The molecule has 0 fully saturated rings. The summed E-state index contributed by atoms with van der Waals surface area (Å²) < 4.78 is 4.07. The lowest BCUT2D eigenvalue weighted by atomic mass is 10.0. The summed E-state index contributed by atoms with van der Waals surface area (Å²) in [5.74, 6) is -1.44. The summed E-state index contributed by atoms with van der Waals surface area (Å²) in [7, 11) is 3.96. The molecule has 0 spiro atoms. The van der Waals surface area contributed by atoms with Crippen LogP contribution in [-0.4, -0.2) is 38.7 Å². The normalized spacial score (nSPS) is 12.9. The highest BCUT2D eigenvalue weighted by atomic mass is 16.4. The molecule has 3 aromatic rings. The number of rotatable bonds is 12. The van der Waals surface area contributed by atoms with Crippen molar-refractivity contribution in [2.24, 2.45) is 19.8 Å². The monoisotopic (exact) mass is 451 g/mol. The molecular weight excluding hydrogens is 418 g/mol. The van der Waals surface area contributed by atoms with Crippen LogP contribution >= 0.6 is 0 Å². The first-order valence-electron chi connectivity index (χ1n) is 11.2. The number of carboxylic acids is 1. The minimum atomic E-state index is -1.04. The quantitative estimate of drug-likeness (QED) is 0.316. The number of aryl methyl sites for hydroxylation is 2. The van der Waals surface area contributed by atoms with Crippen LogP contribution in [0.1, 0.15) is 46.2 Å². The van der Waals surface area contributed by atoms with E-state index in [-0.39, 0.29) is 6.04 Å². The zero-order valence-electron chi connectivity index (χ0n) is 19.2. The molecule has 2 aromatic heterocycles. The van der Waals surface area contributed by atoms with Crippen molar-refractivity contribution in [2.45, 2.75) is 37.9 Å². The zero-order valence-corrected chi connectivity index (χ0v) is 19.2. The van der Waals surface area contributed by atoms with Crippen molar-refractivity contribution in [2.75, 3.05) is 6.54 Å². The van der Waals surface area contributed by atoms with Gasteiger partial charge < -0.3 is 30.6 Å². The molecule has 2 atom stereocenters. The molecule has 2 heterocycles. The van der Waals surface area contributed by atoms with Gasteiger partial charge in [0, 0.05) is 62.4 Å². The van der Waals surface area contributed by atoms with E-state index >= 15 is 0 Å². The van der Waals surface area contributed by atoms with Crippen LogP contribution in [0, 0.1) is 0 Å². The molecule has 0 bridgehead atoms.